The van der Waals surface area contributed by atoms with Crippen LogP contribution in [0.3, 0.4) is 0 Å². The number of rotatable bonds is 4. The Balaban J connectivity index is 1.57. The lowest BCUT2D eigenvalue weighted by Gasteiger charge is -2.11. The highest BCUT2D eigenvalue weighted by molar-refractivity contribution is 7.99. The van der Waals surface area contributed by atoms with Crippen LogP contribution >= 0.6 is 11.8 Å². The molecular weight excluding hydrogens is 287 g/mol. The van der Waals surface area contributed by atoms with Crippen molar-refractivity contribution in [3.8, 4) is 5.75 Å². The topological polar surface area (TPSA) is 29.5 Å². The van der Waals surface area contributed by atoms with E-state index in [4.69, 9.17) is 4.74 Å². The van der Waals surface area contributed by atoms with Gasteiger partial charge in [0, 0.05) is 22.6 Å². The van der Waals surface area contributed by atoms with Crippen LogP contribution in [0.2, 0.25) is 0 Å². The molecule has 3 rings (SSSR count). The fourth-order valence-corrected chi connectivity index (χ4v) is 3.31. The molecule has 21 heavy (non-hydrogen) atoms. The number of aliphatic hydroxyl groups is 1. The minimum Gasteiger partial charge on any atom is -0.489 e. The third-order valence-electron chi connectivity index (χ3n) is 3.56. The Hall–Kier alpha value is -1.52. The van der Waals surface area contributed by atoms with Gasteiger partial charge in [-0.25, -0.2) is 4.39 Å². The van der Waals surface area contributed by atoms with Crippen molar-refractivity contribution in [1.29, 1.82) is 0 Å². The molecule has 2 nitrogen and oxygen atoms in total. The van der Waals surface area contributed by atoms with Gasteiger partial charge in [-0.05, 0) is 42.8 Å². The van der Waals surface area contributed by atoms with Gasteiger partial charge in [0.2, 0.25) is 0 Å². The molecular formula is C17H17FO2S. The summed E-state index contributed by atoms with van der Waals surface area (Å²) in [6.07, 6.45) is 0.404. The zero-order valence-electron chi connectivity index (χ0n) is 11.8. The monoisotopic (exact) mass is 304 g/mol. The maximum Gasteiger partial charge on any atom is 0.123 e. The van der Waals surface area contributed by atoms with E-state index in [0.29, 0.717) is 0 Å². The molecule has 0 amide bonds. The van der Waals surface area contributed by atoms with Crippen molar-refractivity contribution in [3.63, 3.8) is 0 Å². The van der Waals surface area contributed by atoms with Gasteiger partial charge in [0.25, 0.3) is 0 Å². The van der Waals surface area contributed by atoms with E-state index in [2.05, 4.69) is 0 Å². The lowest BCUT2D eigenvalue weighted by molar-refractivity contribution is 0.199. The van der Waals surface area contributed by atoms with E-state index in [9.17, 15) is 9.50 Å². The number of hydrogen-bond acceptors (Lipinski definition) is 3. The van der Waals surface area contributed by atoms with Crippen molar-refractivity contribution in [3.05, 3.63) is 59.4 Å². The Bertz CT molecular complexity index is 625. The Labute approximate surface area is 128 Å². The number of thioether (sulfide) groups is 1. The smallest absolute Gasteiger partial charge is 0.123 e. The van der Waals surface area contributed by atoms with Gasteiger partial charge in [0.1, 0.15) is 17.7 Å². The van der Waals surface area contributed by atoms with Crippen molar-refractivity contribution in [1.82, 2.24) is 0 Å². The minimum absolute atomic E-state index is 0.0863. The summed E-state index contributed by atoms with van der Waals surface area (Å²) in [5.41, 5.74) is 1.87. The molecule has 4 heteroatoms. The standard InChI is InChI=1S/C17H17FO2S/c1-11(19)12-2-5-16(6-3-12)21-10-15-9-13-8-14(18)4-7-17(13)20-15/h2-8,11,15,19H,9-10H2,1H3. The van der Waals surface area contributed by atoms with E-state index in [1.54, 1.807) is 30.8 Å². The van der Waals surface area contributed by atoms with Crippen molar-refractivity contribution in [2.45, 2.75) is 30.4 Å². The number of hydrogen-bond donors (Lipinski definition) is 1. The average molecular weight is 304 g/mol. The lowest BCUT2D eigenvalue weighted by Crippen LogP contribution is -2.15. The molecule has 0 aliphatic carbocycles. The largest absolute Gasteiger partial charge is 0.489 e. The number of aliphatic hydroxyl groups excluding tert-OH is 1. The van der Waals surface area contributed by atoms with Crippen LogP contribution in [0, 0.1) is 5.82 Å². The van der Waals surface area contributed by atoms with Crippen molar-refractivity contribution < 1.29 is 14.2 Å². The summed E-state index contributed by atoms with van der Waals surface area (Å²) >= 11 is 1.71. The fraction of sp³-hybridized carbons (Fsp3) is 0.294. The quantitative estimate of drug-likeness (QED) is 0.867. The van der Waals surface area contributed by atoms with Crippen LogP contribution in [-0.4, -0.2) is 17.0 Å². The van der Waals surface area contributed by atoms with E-state index < -0.39 is 6.10 Å². The molecule has 0 spiro atoms. The van der Waals surface area contributed by atoms with Crippen LogP contribution in [0.25, 0.3) is 0 Å². The van der Waals surface area contributed by atoms with Crippen molar-refractivity contribution in [2.24, 2.45) is 0 Å². The molecule has 1 aliphatic rings. The van der Waals surface area contributed by atoms with Crippen LogP contribution in [-0.2, 0) is 6.42 Å². The van der Waals surface area contributed by atoms with Gasteiger partial charge >= 0.3 is 0 Å². The van der Waals surface area contributed by atoms with E-state index in [1.807, 2.05) is 24.3 Å². The molecule has 2 aromatic rings. The molecule has 1 N–H and O–H groups in total. The summed E-state index contributed by atoms with van der Waals surface area (Å²) in [5.74, 6) is 1.41. The average Bonchev–Trinajstić information content (AvgIpc) is 2.87. The predicted molar refractivity (Wildman–Crippen MR) is 82.3 cm³/mol. The lowest BCUT2D eigenvalue weighted by atomic mass is 10.1. The molecule has 0 radical (unpaired) electrons. The Morgan fingerprint density at radius 2 is 2.05 bits per heavy atom. The second-order valence-corrected chi connectivity index (χ2v) is 6.35. The SMILES string of the molecule is CC(O)c1ccc(SCC2Cc3cc(F)ccc3O2)cc1. The first kappa shape index (κ1) is 14.4. The minimum atomic E-state index is -0.438. The maximum atomic E-state index is 13.2. The van der Waals surface area contributed by atoms with Gasteiger partial charge in [-0.1, -0.05) is 12.1 Å². The fourth-order valence-electron chi connectivity index (χ4n) is 2.41. The Morgan fingerprint density at radius 1 is 1.29 bits per heavy atom. The first-order valence-corrected chi connectivity index (χ1v) is 7.96. The second kappa shape index (κ2) is 6.08. The van der Waals surface area contributed by atoms with Gasteiger partial charge < -0.3 is 9.84 Å². The van der Waals surface area contributed by atoms with Gasteiger partial charge in [0.05, 0.1) is 6.10 Å². The molecule has 2 aromatic carbocycles. The van der Waals surface area contributed by atoms with E-state index in [-0.39, 0.29) is 11.9 Å². The third kappa shape index (κ3) is 3.39. The van der Waals surface area contributed by atoms with Crippen molar-refractivity contribution >= 4 is 11.8 Å². The molecule has 1 aliphatic heterocycles. The number of halogens is 1. The highest BCUT2D eigenvalue weighted by atomic mass is 32.2. The van der Waals surface area contributed by atoms with E-state index >= 15 is 0 Å². The normalized spacial score (nSPS) is 18.1. The van der Waals surface area contributed by atoms with Gasteiger partial charge in [-0.2, -0.15) is 0 Å². The number of benzene rings is 2. The molecule has 2 atom stereocenters. The molecule has 0 aromatic heterocycles. The molecule has 2 unspecified atom stereocenters. The molecule has 110 valence electrons. The summed E-state index contributed by atoms with van der Waals surface area (Å²) in [6, 6.07) is 12.6. The van der Waals surface area contributed by atoms with E-state index in [0.717, 1.165) is 33.9 Å². The Morgan fingerprint density at radius 3 is 2.76 bits per heavy atom. The molecule has 0 saturated heterocycles. The first-order valence-electron chi connectivity index (χ1n) is 6.98. The zero-order valence-corrected chi connectivity index (χ0v) is 12.6. The molecule has 1 heterocycles. The summed E-state index contributed by atoms with van der Waals surface area (Å²) < 4.78 is 19.0. The summed E-state index contributed by atoms with van der Waals surface area (Å²) in [7, 11) is 0. The highest BCUT2D eigenvalue weighted by Gasteiger charge is 2.23. The van der Waals surface area contributed by atoms with Crippen molar-refractivity contribution in [2.75, 3.05) is 5.75 Å². The zero-order chi connectivity index (χ0) is 14.8. The maximum absolute atomic E-state index is 13.2. The van der Waals surface area contributed by atoms with Gasteiger partial charge in [-0.15, -0.1) is 11.8 Å². The van der Waals surface area contributed by atoms with E-state index in [1.165, 1.54) is 6.07 Å². The molecule has 0 bridgehead atoms. The van der Waals surface area contributed by atoms with Crippen LogP contribution in [0.5, 0.6) is 5.75 Å². The van der Waals surface area contributed by atoms with Gasteiger partial charge in [0.15, 0.2) is 0 Å². The van der Waals surface area contributed by atoms with Crippen LogP contribution in [0.4, 0.5) is 4.39 Å². The van der Waals surface area contributed by atoms with Crippen LogP contribution in [0.15, 0.2) is 47.4 Å². The van der Waals surface area contributed by atoms with Crippen LogP contribution in [0.1, 0.15) is 24.2 Å². The predicted octanol–water partition coefficient (Wildman–Crippen LogP) is 3.97. The second-order valence-electron chi connectivity index (χ2n) is 5.25. The summed E-state index contributed by atoms with van der Waals surface area (Å²) in [6.45, 7) is 1.75. The first-order chi connectivity index (χ1) is 10.1. The summed E-state index contributed by atoms with van der Waals surface area (Å²) in [4.78, 5) is 1.14. The Kier molecular flexibility index (Phi) is 4.17. The number of fused-ring (bicyclic) bond motifs is 1. The molecule has 0 fully saturated rings. The molecule has 0 saturated carbocycles. The number of ether oxygens (including phenoxy) is 1. The third-order valence-corrected chi connectivity index (χ3v) is 4.71. The summed E-state index contributed by atoms with van der Waals surface area (Å²) in [5, 5.41) is 9.48. The highest BCUT2D eigenvalue weighted by Crippen LogP contribution is 2.32. The van der Waals surface area contributed by atoms with Crippen LogP contribution < -0.4 is 4.74 Å². The van der Waals surface area contributed by atoms with Gasteiger partial charge in [-0.3, -0.25) is 0 Å².